The van der Waals surface area contributed by atoms with Gasteiger partial charge in [-0.15, -0.1) is 12.4 Å². The average molecular weight is 181 g/mol. The molecule has 0 aliphatic carbocycles. The zero-order chi connectivity index (χ0) is 3.58. The first-order valence-electron chi connectivity index (χ1n) is 0.732. The fraction of sp³-hybridized carbons (Fsp3) is 0. The van der Waals surface area contributed by atoms with Crippen LogP contribution in [-0.2, 0) is 21.7 Å². The molecular weight excluding hydrogens is 178 g/mol. The van der Waals surface area contributed by atoms with Crippen LogP contribution >= 0.6 is 35.6 Å². The van der Waals surface area contributed by atoms with E-state index in [1.165, 1.54) is 0 Å². The summed E-state index contributed by atoms with van der Waals surface area (Å²) in [6.45, 7) is 3.09. The van der Waals surface area contributed by atoms with Gasteiger partial charge in [0.2, 0.25) is 0 Å². The van der Waals surface area contributed by atoms with Gasteiger partial charge in [-0.1, -0.05) is 29.8 Å². The Labute approximate surface area is 68.2 Å². The maximum atomic E-state index is 4.85. The van der Waals surface area contributed by atoms with Gasteiger partial charge in [0.15, 0.2) is 0 Å². The van der Waals surface area contributed by atoms with Crippen molar-refractivity contribution < 1.29 is 21.7 Å². The number of hydrogen-bond acceptors (Lipinski definition) is 0. The summed E-state index contributed by atoms with van der Waals surface area (Å²) in [4.78, 5) is 0. The van der Waals surface area contributed by atoms with E-state index in [0.29, 0.717) is 0 Å². The summed E-state index contributed by atoms with van der Waals surface area (Å²) in [6.07, 6.45) is 0. The molecule has 0 saturated heterocycles. The third-order valence-corrected chi connectivity index (χ3v) is 0. The molecule has 0 aromatic heterocycles. The molecule has 0 unspecified atom stereocenters. The second-order valence-electron chi connectivity index (χ2n) is 0.339. The Balaban J connectivity index is -0.0000000450. The number of rotatable bonds is 0. The molecule has 0 atom stereocenters. The van der Waals surface area contributed by atoms with Gasteiger partial charge < -0.3 is 0 Å². The van der Waals surface area contributed by atoms with Gasteiger partial charge in [-0.3, -0.25) is 0 Å². The molecule has 0 heterocycles. The molecule has 0 fully saturated rings. The molecule has 0 amide bonds. The van der Waals surface area contributed by atoms with Gasteiger partial charge in [-0.2, -0.15) is 0 Å². The third-order valence-electron chi connectivity index (χ3n) is 0. The minimum Gasteiger partial charge on any atom is -0.147 e. The van der Waals surface area contributed by atoms with Crippen molar-refractivity contribution in [3.63, 3.8) is 0 Å². The Morgan fingerprint density at radius 1 is 1.33 bits per heavy atom. The summed E-state index contributed by atoms with van der Waals surface area (Å²) in [7, 11) is 0. The van der Waals surface area contributed by atoms with Gasteiger partial charge in [0, 0.05) is 21.7 Å². The van der Waals surface area contributed by atoms with E-state index in [1.807, 2.05) is 0 Å². The van der Waals surface area contributed by atoms with Crippen molar-refractivity contribution in [2.75, 3.05) is 0 Å². The van der Waals surface area contributed by atoms with Crippen LogP contribution in [0.5, 0.6) is 0 Å². The largest absolute Gasteiger partial charge is 0.147 e. The van der Waals surface area contributed by atoms with E-state index in [2.05, 4.69) is 6.58 Å². The second-order valence-corrected chi connectivity index (χ2v) is 1.44. The van der Waals surface area contributed by atoms with Gasteiger partial charge >= 0.3 is 0 Å². The van der Waals surface area contributed by atoms with Crippen molar-refractivity contribution in [3.8, 4) is 0 Å². The van der Waals surface area contributed by atoms with E-state index in [-0.39, 0.29) is 38.6 Å². The Hall–Kier alpha value is 1.32. The van der Waals surface area contributed by atoms with Crippen molar-refractivity contribution in [1.82, 2.24) is 0 Å². The van der Waals surface area contributed by atoms with Crippen LogP contribution in [0.15, 0.2) is 11.1 Å². The summed E-state index contributed by atoms with van der Waals surface area (Å²) in [5.74, 6) is 0. The molecule has 0 bridgehead atoms. The predicted octanol–water partition coefficient (Wildman–Crippen LogP) is 2.35. The van der Waals surface area contributed by atoms with E-state index in [9.17, 15) is 0 Å². The molecule has 0 saturated carbocycles. The third kappa shape index (κ3) is 56.8. The molecule has 0 nitrogen and oxygen atoms in total. The standard InChI is InChI=1S/C2H2Cl2.ClH.Ti/c1-2(3)4;;/h1H2;1H;. The molecule has 0 aromatic rings. The number of halogens is 3. The van der Waals surface area contributed by atoms with E-state index in [1.54, 1.807) is 0 Å². The average Bonchev–Trinajstić information content (AvgIpc) is 0.811. The number of hydrogen-bond donors (Lipinski definition) is 0. The molecule has 0 radical (unpaired) electrons. The minimum atomic E-state index is 0. The summed E-state index contributed by atoms with van der Waals surface area (Å²) in [6, 6.07) is 0. The first-order valence-corrected chi connectivity index (χ1v) is 1.49. The molecule has 0 aromatic carbocycles. The Kier molecular flexibility index (Phi) is 25.0. The quantitative estimate of drug-likeness (QED) is 0.503. The molecule has 0 N–H and O–H groups in total. The van der Waals surface area contributed by atoms with E-state index >= 15 is 0 Å². The van der Waals surface area contributed by atoms with Crippen molar-refractivity contribution in [2.45, 2.75) is 0 Å². The second kappa shape index (κ2) is 9.59. The van der Waals surface area contributed by atoms with E-state index in [4.69, 9.17) is 23.2 Å². The zero-order valence-corrected chi connectivity index (χ0v) is 6.76. The summed E-state index contributed by atoms with van der Waals surface area (Å²) in [5, 5.41) is 0. The Morgan fingerprint density at radius 2 is 1.33 bits per heavy atom. The van der Waals surface area contributed by atoms with Crippen molar-refractivity contribution in [3.05, 3.63) is 11.1 Å². The minimum absolute atomic E-state index is 0. The normalized spacial score (nSPS) is 4.33. The van der Waals surface area contributed by atoms with Crippen LogP contribution in [0.4, 0.5) is 0 Å². The summed E-state index contributed by atoms with van der Waals surface area (Å²) < 4.78 is 0.111. The van der Waals surface area contributed by atoms with Gasteiger partial charge in [-0.05, 0) is 0 Å². The fourth-order valence-electron chi connectivity index (χ4n) is 0. The first kappa shape index (κ1) is 15.7. The molecule has 0 aliphatic rings. The predicted molar refractivity (Wildman–Crippen MR) is 28.1 cm³/mol. The molecular formula is C2H3Cl3Ti. The van der Waals surface area contributed by atoms with Gasteiger partial charge in [0.1, 0.15) is 0 Å². The summed E-state index contributed by atoms with van der Waals surface area (Å²) in [5.41, 5.74) is 0. The van der Waals surface area contributed by atoms with Crippen molar-refractivity contribution >= 4 is 35.6 Å². The van der Waals surface area contributed by atoms with Crippen LogP contribution in [0.2, 0.25) is 0 Å². The van der Waals surface area contributed by atoms with E-state index in [0.717, 1.165) is 0 Å². The van der Waals surface area contributed by atoms with Crippen molar-refractivity contribution in [2.24, 2.45) is 0 Å². The van der Waals surface area contributed by atoms with Gasteiger partial charge in [0.05, 0.1) is 4.49 Å². The van der Waals surface area contributed by atoms with E-state index < -0.39 is 0 Å². The van der Waals surface area contributed by atoms with Gasteiger partial charge in [-0.25, -0.2) is 0 Å². The van der Waals surface area contributed by atoms with Crippen LogP contribution in [0.25, 0.3) is 0 Å². The maximum Gasteiger partial charge on any atom is 0.0992 e. The summed E-state index contributed by atoms with van der Waals surface area (Å²) >= 11 is 9.69. The molecule has 6 heavy (non-hydrogen) atoms. The molecule has 0 spiro atoms. The topological polar surface area (TPSA) is 0 Å². The first-order chi connectivity index (χ1) is 1.73. The molecule has 0 aliphatic heterocycles. The van der Waals surface area contributed by atoms with Crippen LogP contribution < -0.4 is 0 Å². The maximum absolute atomic E-state index is 4.85. The van der Waals surface area contributed by atoms with Crippen LogP contribution in [-0.4, -0.2) is 0 Å². The van der Waals surface area contributed by atoms with Crippen LogP contribution in [0.1, 0.15) is 0 Å². The Morgan fingerprint density at radius 3 is 1.33 bits per heavy atom. The smallest absolute Gasteiger partial charge is 0.0992 e. The zero-order valence-electron chi connectivity index (χ0n) is 2.87. The Bertz CT molecular complexity index is 31.8. The molecule has 36 valence electrons. The van der Waals surface area contributed by atoms with Crippen LogP contribution in [0, 0.1) is 0 Å². The van der Waals surface area contributed by atoms with Crippen LogP contribution in [0.3, 0.4) is 0 Å². The van der Waals surface area contributed by atoms with Crippen molar-refractivity contribution in [1.29, 1.82) is 0 Å². The molecule has 4 heteroatoms. The molecule has 0 rings (SSSR count). The SMILES string of the molecule is C=C(Cl)Cl.Cl.[Ti]. The van der Waals surface area contributed by atoms with Gasteiger partial charge in [0.25, 0.3) is 0 Å². The monoisotopic (exact) mass is 180 g/mol. The fourth-order valence-corrected chi connectivity index (χ4v) is 0.